The fourth-order valence-corrected chi connectivity index (χ4v) is 3.33. The number of nitrogens with one attached hydrogen (secondary N) is 1. The molecule has 0 radical (unpaired) electrons. The molecule has 1 fully saturated rings. The summed E-state index contributed by atoms with van der Waals surface area (Å²) in [5.41, 5.74) is 0. The van der Waals surface area contributed by atoms with E-state index in [2.05, 4.69) is 5.32 Å². The molecule has 1 heterocycles. The quantitative estimate of drug-likeness (QED) is 0.708. The van der Waals surface area contributed by atoms with E-state index in [0.29, 0.717) is 13.1 Å². The first-order valence-electron chi connectivity index (χ1n) is 5.17. The van der Waals surface area contributed by atoms with Crippen LogP contribution in [-0.2, 0) is 14.8 Å². The first-order chi connectivity index (χ1) is 7.02. The Morgan fingerprint density at radius 2 is 2.27 bits per heavy atom. The average Bonchev–Trinajstić information content (AvgIpc) is 2.66. The van der Waals surface area contributed by atoms with Gasteiger partial charge in [0.25, 0.3) is 0 Å². The molecule has 6 heteroatoms. The van der Waals surface area contributed by atoms with E-state index in [9.17, 15) is 8.42 Å². The van der Waals surface area contributed by atoms with Crippen LogP contribution in [0.1, 0.15) is 13.3 Å². The predicted molar refractivity (Wildman–Crippen MR) is 59.3 cm³/mol. The maximum Gasteiger partial charge on any atom is 0.219 e. The van der Waals surface area contributed by atoms with Gasteiger partial charge < -0.3 is 10.1 Å². The summed E-state index contributed by atoms with van der Waals surface area (Å²) < 4.78 is 30.4. The molecule has 2 unspecified atom stereocenters. The molecule has 15 heavy (non-hydrogen) atoms. The van der Waals surface area contributed by atoms with Crippen LogP contribution in [0.4, 0.5) is 0 Å². The Morgan fingerprint density at radius 3 is 2.73 bits per heavy atom. The molecule has 0 bridgehead atoms. The van der Waals surface area contributed by atoms with E-state index >= 15 is 0 Å². The van der Waals surface area contributed by atoms with E-state index in [-0.39, 0.29) is 12.6 Å². The van der Waals surface area contributed by atoms with Gasteiger partial charge in [-0.3, -0.25) is 0 Å². The van der Waals surface area contributed by atoms with Crippen LogP contribution >= 0.6 is 0 Å². The lowest BCUT2D eigenvalue weighted by molar-refractivity contribution is 0.198. The molecule has 0 aromatic carbocycles. The van der Waals surface area contributed by atoms with E-state index in [1.54, 1.807) is 11.2 Å². The van der Waals surface area contributed by atoms with Crippen LogP contribution in [0.15, 0.2) is 0 Å². The maximum absolute atomic E-state index is 12.0. The Bertz CT molecular complexity index is 292. The van der Waals surface area contributed by atoms with Gasteiger partial charge >= 0.3 is 0 Å². The van der Waals surface area contributed by atoms with Crippen molar-refractivity contribution in [2.75, 3.05) is 33.9 Å². The van der Waals surface area contributed by atoms with E-state index in [4.69, 9.17) is 4.74 Å². The van der Waals surface area contributed by atoms with Crippen molar-refractivity contribution < 1.29 is 13.2 Å². The summed E-state index contributed by atoms with van der Waals surface area (Å²) in [4.78, 5) is 0. The second-order valence-electron chi connectivity index (χ2n) is 3.94. The molecular formula is C9H20N2O3S. The number of methoxy groups -OCH3 is 1. The Labute approximate surface area is 91.8 Å². The van der Waals surface area contributed by atoms with Gasteiger partial charge in [0.1, 0.15) is 0 Å². The van der Waals surface area contributed by atoms with Crippen molar-refractivity contribution in [3.05, 3.63) is 0 Å². The zero-order valence-corrected chi connectivity index (χ0v) is 10.4. The van der Waals surface area contributed by atoms with Crippen molar-refractivity contribution in [3.8, 4) is 0 Å². The minimum absolute atomic E-state index is 0.253. The van der Waals surface area contributed by atoms with Gasteiger partial charge in [0, 0.05) is 26.2 Å². The molecule has 0 aromatic rings. The minimum atomic E-state index is -3.18. The number of ether oxygens (including phenoxy) is 1. The van der Waals surface area contributed by atoms with Crippen LogP contribution in [0.3, 0.4) is 0 Å². The van der Waals surface area contributed by atoms with Gasteiger partial charge in [-0.05, 0) is 20.4 Å². The molecule has 0 aliphatic carbocycles. The summed E-state index contributed by atoms with van der Waals surface area (Å²) in [7, 11) is 0.205. The second-order valence-corrected chi connectivity index (χ2v) is 6.29. The van der Waals surface area contributed by atoms with Crippen LogP contribution in [0.5, 0.6) is 0 Å². The lowest BCUT2D eigenvalue weighted by Gasteiger charge is -2.20. The topological polar surface area (TPSA) is 58.6 Å². The summed E-state index contributed by atoms with van der Waals surface area (Å²) in [6.07, 6.45) is 0.884. The highest BCUT2D eigenvalue weighted by molar-refractivity contribution is 7.89. The van der Waals surface area contributed by atoms with E-state index < -0.39 is 15.3 Å². The number of hydrogen-bond acceptors (Lipinski definition) is 4. The molecule has 0 saturated carbocycles. The number of likely N-dealkylation sites (N-methyl/N-ethyl adjacent to an activating group) is 1. The highest BCUT2D eigenvalue weighted by Crippen LogP contribution is 2.17. The van der Waals surface area contributed by atoms with Gasteiger partial charge in [-0.2, -0.15) is 0 Å². The number of hydrogen-bond donors (Lipinski definition) is 1. The van der Waals surface area contributed by atoms with E-state index in [1.807, 2.05) is 7.05 Å². The first kappa shape index (κ1) is 12.9. The molecule has 1 aliphatic rings. The lowest BCUT2D eigenvalue weighted by Crippen LogP contribution is -2.39. The zero-order chi connectivity index (χ0) is 11.5. The third-order valence-corrected chi connectivity index (χ3v) is 5.03. The Hall–Kier alpha value is -0.170. The number of nitrogens with zero attached hydrogens (tertiary/aromatic N) is 1. The van der Waals surface area contributed by atoms with Gasteiger partial charge in [0.15, 0.2) is 0 Å². The molecule has 2 atom stereocenters. The summed E-state index contributed by atoms with van der Waals surface area (Å²) in [5.74, 6) is 0. The largest absolute Gasteiger partial charge is 0.383 e. The standard InChI is InChI=1S/C9H20N2O3S/c1-8(7-14-3)15(12,13)11-5-4-9(6-11)10-2/h8-10H,4-7H2,1-3H3. The summed E-state index contributed by atoms with van der Waals surface area (Å²) in [6.45, 7) is 3.13. The molecule has 1 rings (SSSR count). The van der Waals surface area contributed by atoms with Crippen LogP contribution < -0.4 is 5.32 Å². The normalized spacial score (nSPS) is 25.7. The Balaban J connectivity index is 2.63. The highest BCUT2D eigenvalue weighted by atomic mass is 32.2. The second kappa shape index (κ2) is 5.25. The van der Waals surface area contributed by atoms with Gasteiger partial charge in [0.2, 0.25) is 10.0 Å². The number of rotatable bonds is 5. The van der Waals surface area contributed by atoms with Crippen molar-refractivity contribution in [2.45, 2.75) is 24.6 Å². The van der Waals surface area contributed by atoms with Crippen molar-refractivity contribution >= 4 is 10.0 Å². The smallest absolute Gasteiger partial charge is 0.219 e. The van der Waals surface area contributed by atoms with Crippen molar-refractivity contribution in [1.29, 1.82) is 0 Å². The predicted octanol–water partition coefficient (Wildman–Crippen LogP) is -0.355. The average molecular weight is 236 g/mol. The molecular weight excluding hydrogens is 216 g/mol. The molecule has 5 nitrogen and oxygen atoms in total. The maximum atomic E-state index is 12.0. The summed E-state index contributed by atoms with van der Waals surface area (Å²) >= 11 is 0. The zero-order valence-electron chi connectivity index (χ0n) is 9.56. The fraction of sp³-hybridized carbons (Fsp3) is 1.00. The molecule has 0 spiro atoms. The van der Waals surface area contributed by atoms with Crippen molar-refractivity contribution in [1.82, 2.24) is 9.62 Å². The first-order valence-corrected chi connectivity index (χ1v) is 6.67. The summed E-state index contributed by atoms with van der Waals surface area (Å²) in [5, 5.41) is 2.64. The summed E-state index contributed by atoms with van der Waals surface area (Å²) in [6, 6.07) is 0.287. The molecule has 0 aromatic heterocycles. The van der Waals surface area contributed by atoms with Crippen LogP contribution in [-0.4, -0.2) is 57.9 Å². The van der Waals surface area contributed by atoms with E-state index in [1.165, 1.54) is 7.11 Å². The van der Waals surface area contributed by atoms with Gasteiger partial charge in [-0.1, -0.05) is 0 Å². The SMILES string of the molecule is CNC1CCN(S(=O)(=O)C(C)COC)C1. The van der Waals surface area contributed by atoms with Crippen LogP contribution in [0.25, 0.3) is 0 Å². The fourth-order valence-electron chi connectivity index (χ4n) is 1.77. The van der Waals surface area contributed by atoms with Gasteiger partial charge in [0.05, 0.1) is 11.9 Å². The number of sulfonamides is 1. The van der Waals surface area contributed by atoms with Gasteiger partial charge in [-0.15, -0.1) is 0 Å². The van der Waals surface area contributed by atoms with Crippen LogP contribution in [0.2, 0.25) is 0 Å². The Morgan fingerprint density at radius 1 is 1.60 bits per heavy atom. The molecule has 1 aliphatic heterocycles. The Kier molecular flexibility index (Phi) is 4.51. The van der Waals surface area contributed by atoms with Crippen molar-refractivity contribution in [3.63, 3.8) is 0 Å². The van der Waals surface area contributed by atoms with Crippen molar-refractivity contribution in [2.24, 2.45) is 0 Å². The molecule has 1 N–H and O–H groups in total. The lowest BCUT2D eigenvalue weighted by atomic mass is 10.3. The third-order valence-electron chi connectivity index (χ3n) is 2.83. The minimum Gasteiger partial charge on any atom is -0.383 e. The monoisotopic (exact) mass is 236 g/mol. The third kappa shape index (κ3) is 2.90. The van der Waals surface area contributed by atoms with Crippen LogP contribution in [0, 0.1) is 0 Å². The molecule has 1 saturated heterocycles. The molecule has 90 valence electrons. The van der Waals surface area contributed by atoms with E-state index in [0.717, 1.165) is 6.42 Å². The highest BCUT2D eigenvalue weighted by Gasteiger charge is 2.34. The van der Waals surface area contributed by atoms with Gasteiger partial charge in [-0.25, -0.2) is 12.7 Å². The molecule has 0 amide bonds.